The van der Waals surface area contributed by atoms with Crippen LogP contribution in [0.4, 0.5) is 0 Å². The smallest absolute Gasteiger partial charge is 0.211 e. The number of likely N-dealkylation sites (N-methyl/N-ethyl adjacent to an activating group) is 1. The second-order valence-corrected chi connectivity index (χ2v) is 9.55. The number of ether oxygens (including phenoxy) is 2. The molecule has 3 N–H and O–H groups in total. The number of hydrogen-bond acceptors (Lipinski definition) is 7. The van der Waals surface area contributed by atoms with Gasteiger partial charge in [0.25, 0.3) is 0 Å². The topological polar surface area (TPSA) is 89.9 Å². The molecule has 35 heavy (non-hydrogen) atoms. The van der Waals surface area contributed by atoms with Gasteiger partial charge in [0, 0.05) is 48.1 Å². The van der Waals surface area contributed by atoms with E-state index in [0.717, 1.165) is 33.9 Å². The summed E-state index contributed by atoms with van der Waals surface area (Å²) in [6, 6.07) is 13.5. The van der Waals surface area contributed by atoms with Crippen LogP contribution in [0.3, 0.4) is 0 Å². The molecule has 2 aliphatic heterocycles. The predicted octanol–water partition coefficient (Wildman–Crippen LogP) is 3.89. The number of halogens is 2. The molecule has 0 radical (unpaired) electrons. The molecule has 1 aromatic heterocycles. The summed E-state index contributed by atoms with van der Waals surface area (Å²) in [5, 5.41) is 4.63. The summed E-state index contributed by atoms with van der Waals surface area (Å²) >= 11 is 12.2. The number of methoxy groups -OCH3 is 1. The Morgan fingerprint density at radius 2 is 1.97 bits per heavy atom. The van der Waals surface area contributed by atoms with Gasteiger partial charge < -0.3 is 24.3 Å². The number of rotatable bonds is 4. The van der Waals surface area contributed by atoms with Crippen molar-refractivity contribution in [3.63, 3.8) is 0 Å². The van der Waals surface area contributed by atoms with Crippen LogP contribution in [0.2, 0.25) is 10.2 Å². The van der Waals surface area contributed by atoms with Gasteiger partial charge in [0.05, 0.1) is 26.0 Å². The Morgan fingerprint density at radius 3 is 2.63 bits per heavy atom. The highest BCUT2D eigenvalue weighted by molar-refractivity contribution is 6.30. The Morgan fingerprint density at radius 1 is 1.20 bits per heavy atom. The third kappa shape index (κ3) is 4.38. The molecule has 182 valence electrons. The summed E-state index contributed by atoms with van der Waals surface area (Å²) in [6.07, 6.45) is 3.35. The summed E-state index contributed by atoms with van der Waals surface area (Å²) in [6.45, 7) is 0.969. The molecule has 3 aromatic rings. The Kier molecular flexibility index (Phi) is 6.23. The molecule has 10 heteroatoms. The fraction of sp³-hybridized carbons (Fsp3) is 0.280. The second kappa shape index (κ2) is 9.20. The maximum Gasteiger partial charge on any atom is 0.211 e. The number of benzene rings is 2. The molecule has 2 aliphatic rings. The van der Waals surface area contributed by atoms with Gasteiger partial charge in [-0.1, -0.05) is 41.4 Å². The van der Waals surface area contributed by atoms with Crippen molar-refractivity contribution in [3.8, 4) is 11.4 Å². The van der Waals surface area contributed by atoms with E-state index < -0.39 is 5.79 Å². The van der Waals surface area contributed by atoms with Gasteiger partial charge in [0.1, 0.15) is 23.1 Å². The third-order valence-electron chi connectivity index (χ3n) is 6.23. The summed E-state index contributed by atoms with van der Waals surface area (Å²) < 4.78 is 13.5. The number of amidine groups is 1. The SMILES string of the molecule is COc1cc(C2(N)N=C(N(C)C)C3=C(N2)C(c2ccc(Cl)cc2)COC3)ccc1-n1cnc(Cl)c1. The van der Waals surface area contributed by atoms with Crippen molar-refractivity contribution in [3.05, 3.63) is 87.6 Å². The number of nitrogens with one attached hydrogen (secondary N) is 1. The molecule has 2 aromatic carbocycles. The lowest BCUT2D eigenvalue weighted by Crippen LogP contribution is -2.55. The molecule has 0 saturated carbocycles. The normalized spacial score (nSPS) is 21.8. The minimum absolute atomic E-state index is 0.0429. The first-order chi connectivity index (χ1) is 16.8. The van der Waals surface area contributed by atoms with Crippen LogP contribution in [0.5, 0.6) is 5.75 Å². The van der Waals surface area contributed by atoms with E-state index >= 15 is 0 Å². The molecule has 0 spiro atoms. The van der Waals surface area contributed by atoms with Crippen LogP contribution in [0.15, 0.2) is 71.3 Å². The molecule has 5 rings (SSSR count). The molecule has 0 amide bonds. The minimum Gasteiger partial charge on any atom is -0.495 e. The predicted molar refractivity (Wildman–Crippen MR) is 137 cm³/mol. The first-order valence-corrected chi connectivity index (χ1v) is 11.8. The standard InChI is InChI=1S/C25H26Cl2N6O2/c1-32(2)24-19-13-35-12-18(15-4-7-17(26)8-5-15)23(19)30-25(28,31-24)16-6-9-20(21(10-16)34-3)33-11-22(27)29-14-33/h4-11,14,18,30H,12-13,28H2,1-3H3. The Hall–Kier alpha value is -3.04. The average Bonchev–Trinajstić information content (AvgIpc) is 3.29. The summed E-state index contributed by atoms with van der Waals surface area (Å²) in [5.74, 6) is 0.118. The van der Waals surface area contributed by atoms with Crippen LogP contribution in [0.1, 0.15) is 17.0 Å². The number of aliphatic imine (C=N–C) groups is 1. The van der Waals surface area contributed by atoms with Crippen molar-refractivity contribution in [2.75, 3.05) is 34.4 Å². The molecule has 0 fully saturated rings. The fourth-order valence-corrected chi connectivity index (χ4v) is 4.76. The Balaban J connectivity index is 1.58. The third-order valence-corrected chi connectivity index (χ3v) is 6.67. The van der Waals surface area contributed by atoms with E-state index in [1.54, 1.807) is 24.2 Å². The van der Waals surface area contributed by atoms with E-state index in [2.05, 4.69) is 10.3 Å². The maximum atomic E-state index is 6.98. The lowest BCUT2D eigenvalue weighted by atomic mass is 9.89. The van der Waals surface area contributed by atoms with Crippen LogP contribution in [-0.2, 0) is 10.5 Å². The van der Waals surface area contributed by atoms with Gasteiger partial charge >= 0.3 is 0 Å². The van der Waals surface area contributed by atoms with Crippen molar-refractivity contribution in [2.45, 2.75) is 11.7 Å². The summed E-state index contributed by atoms with van der Waals surface area (Å²) in [4.78, 5) is 11.0. The highest BCUT2D eigenvalue weighted by Gasteiger charge is 2.40. The molecule has 3 heterocycles. The van der Waals surface area contributed by atoms with E-state index in [1.807, 2.05) is 61.5 Å². The van der Waals surface area contributed by atoms with Crippen LogP contribution >= 0.6 is 23.2 Å². The molecule has 8 nitrogen and oxygen atoms in total. The zero-order chi connectivity index (χ0) is 24.7. The molecule has 2 unspecified atom stereocenters. The summed E-state index contributed by atoms with van der Waals surface area (Å²) in [7, 11) is 5.52. The van der Waals surface area contributed by atoms with Gasteiger partial charge in [-0.15, -0.1) is 0 Å². The zero-order valence-electron chi connectivity index (χ0n) is 19.6. The van der Waals surface area contributed by atoms with E-state index in [0.29, 0.717) is 29.1 Å². The fourth-order valence-electron chi connectivity index (χ4n) is 4.49. The van der Waals surface area contributed by atoms with Gasteiger partial charge in [-0.2, -0.15) is 0 Å². The van der Waals surface area contributed by atoms with Crippen LogP contribution in [-0.4, -0.2) is 54.7 Å². The van der Waals surface area contributed by atoms with Crippen molar-refractivity contribution < 1.29 is 9.47 Å². The molecule has 0 saturated heterocycles. The monoisotopic (exact) mass is 512 g/mol. The number of nitrogens with two attached hydrogens (primary N) is 1. The van der Waals surface area contributed by atoms with Crippen LogP contribution in [0, 0.1) is 0 Å². The van der Waals surface area contributed by atoms with Crippen molar-refractivity contribution in [1.29, 1.82) is 0 Å². The minimum atomic E-state index is -1.22. The number of hydrogen-bond donors (Lipinski definition) is 2. The number of imidazole rings is 1. The molecule has 0 bridgehead atoms. The quantitative estimate of drug-likeness (QED) is 0.551. The lowest BCUT2D eigenvalue weighted by molar-refractivity contribution is 0.127. The van der Waals surface area contributed by atoms with Gasteiger partial charge in [0.2, 0.25) is 5.79 Å². The number of nitrogens with zero attached hydrogens (tertiary/aromatic N) is 4. The van der Waals surface area contributed by atoms with E-state index in [9.17, 15) is 0 Å². The van der Waals surface area contributed by atoms with E-state index in [4.69, 9.17) is 43.4 Å². The highest BCUT2D eigenvalue weighted by Crippen LogP contribution is 2.38. The first-order valence-electron chi connectivity index (χ1n) is 11.1. The molecule has 0 aliphatic carbocycles. The van der Waals surface area contributed by atoms with E-state index in [1.165, 1.54) is 0 Å². The van der Waals surface area contributed by atoms with Crippen molar-refractivity contribution >= 4 is 29.0 Å². The highest BCUT2D eigenvalue weighted by atomic mass is 35.5. The van der Waals surface area contributed by atoms with Gasteiger partial charge in [0.15, 0.2) is 0 Å². The van der Waals surface area contributed by atoms with E-state index in [-0.39, 0.29) is 5.92 Å². The van der Waals surface area contributed by atoms with Crippen molar-refractivity contribution in [1.82, 2.24) is 19.8 Å². The van der Waals surface area contributed by atoms with Gasteiger partial charge in [-0.05, 0) is 29.8 Å². The van der Waals surface area contributed by atoms with Crippen LogP contribution in [0.25, 0.3) is 5.69 Å². The second-order valence-electron chi connectivity index (χ2n) is 8.72. The maximum absolute atomic E-state index is 6.98. The molecular formula is C25H26Cl2N6O2. The Labute approximate surface area is 214 Å². The van der Waals surface area contributed by atoms with Gasteiger partial charge in [-0.25, -0.2) is 9.98 Å². The van der Waals surface area contributed by atoms with Gasteiger partial charge in [-0.3, -0.25) is 5.73 Å². The zero-order valence-corrected chi connectivity index (χ0v) is 21.1. The van der Waals surface area contributed by atoms with Crippen molar-refractivity contribution in [2.24, 2.45) is 10.7 Å². The molecule has 2 atom stereocenters. The lowest BCUT2D eigenvalue weighted by Gasteiger charge is -2.42. The first kappa shape index (κ1) is 23.7. The number of aromatic nitrogens is 2. The Bertz CT molecular complexity index is 1320. The van der Waals surface area contributed by atoms with Crippen LogP contribution < -0.4 is 15.8 Å². The summed E-state index contributed by atoms with van der Waals surface area (Å²) in [5.41, 5.74) is 11.6. The molecular weight excluding hydrogens is 487 g/mol. The average molecular weight is 513 g/mol. The largest absolute Gasteiger partial charge is 0.495 e.